The van der Waals surface area contributed by atoms with Gasteiger partial charge in [-0.2, -0.15) is 17.5 Å². The molecule has 0 fully saturated rings. The normalized spacial score (nSPS) is 12.1. The highest BCUT2D eigenvalue weighted by molar-refractivity contribution is 7.93. The van der Waals surface area contributed by atoms with Gasteiger partial charge in [-0.3, -0.25) is 4.72 Å². The minimum atomic E-state index is -3.81. The number of sulfonamides is 1. The van der Waals surface area contributed by atoms with E-state index in [0.29, 0.717) is 27.8 Å². The summed E-state index contributed by atoms with van der Waals surface area (Å²) in [4.78, 5) is 0.157. The number of nitrogens with zero attached hydrogens (tertiary/aromatic N) is 4. The zero-order chi connectivity index (χ0) is 16.9. The molecule has 1 N–H and O–H groups in total. The number of fused-ring (bicyclic) bond motifs is 2. The molecule has 0 radical (unpaired) electrons. The Morgan fingerprint density at radius 3 is 2.25 bits per heavy atom. The van der Waals surface area contributed by atoms with Crippen LogP contribution in [0.4, 0.5) is 5.69 Å². The van der Waals surface area contributed by atoms with Gasteiger partial charge in [-0.25, -0.2) is 8.42 Å². The minimum absolute atomic E-state index is 0.157. The van der Waals surface area contributed by atoms with Gasteiger partial charge in [-0.05, 0) is 37.6 Å². The molecule has 0 saturated carbocycles. The first kappa shape index (κ1) is 15.4. The van der Waals surface area contributed by atoms with Crippen LogP contribution in [0, 0.1) is 13.8 Å². The molecule has 0 unspecified atom stereocenters. The van der Waals surface area contributed by atoms with Crippen LogP contribution in [-0.4, -0.2) is 25.9 Å². The number of aromatic nitrogens is 4. The second-order valence-corrected chi connectivity index (χ2v) is 8.00. The molecule has 0 saturated heterocycles. The minimum Gasteiger partial charge on any atom is -0.279 e. The molecular formula is C14H11N5O2S3. The Labute approximate surface area is 146 Å². The number of rotatable bonds is 3. The Bertz CT molecular complexity index is 1180. The lowest BCUT2D eigenvalue weighted by atomic mass is 10.2. The summed E-state index contributed by atoms with van der Waals surface area (Å²) in [6.45, 7) is 3.56. The zero-order valence-electron chi connectivity index (χ0n) is 12.6. The van der Waals surface area contributed by atoms with Crippen LogP contribution < -0.4 is 4.72 Å². The number of nitrogens with one attached hydrogen (secondary N) is 1. The van der Waals surface area contributed by atoms with Gasteiger partial charge in [0.15, 0.2) is 0 Å². The Hall–Kier alpha value is -2.17. The van der Waals surface area contributed by atoms with Crippen molar-refractivity contribution in [2.24, 2.45) is 0 Å². The van der Waals surface area contributed by atoms with Crippen molar-refractivity contribution in [1.29, 1.82) is 0 Å². The molecule has 0 atom stereocenters. The number of aryl methyl sites for hydroxylation is 2. The van der Waals surface area contributed by atoms with Crippen LogP contribution in [0.2, 0.25) is 0 Å². The van der Waals surface area contributed by atoms with E-state index in [1.54, 1.807) is 31.2 Å². The molecule has 2 aromatic heterocycles. The van der Waals surface area contributed by atoms with Gasteiger partial charge in [0.05, 0.1) is 29.1 Å². The molecule has 0 amide bonds. The summed E-state index contributed by atoms with van der Waals surface area (Å²) < 4.78 is 45.2. The summed E-state index contributed by atoms with van der Waals surface area (Å²) in [5.74, 6) is 0. The van der Waals surface area contributed by atoms with E-state index in [2.05, 4.69) is 22.2 Å². The lowest BCUT2D eigenvalue weighted by Gasteiger charge is -2.12. The van der Waals surface area contributed by atoms with E-state index in [1.165, 1.54) is 0 Å². The number of hydrogen-bond acceptors (Lipinski definition) is 8. The molecule has 0 bridgehead atoms. The van der Waals surface area contributed by atoms with Crippen molar-refractivity contribution in [3.05, 3.63) is 35.4 Å². The maximum absolute atomic E-state index is 13.0. The largest absolute Gasteiger partial charge is 0.279 e. The van der Waals surface area contributed by atoms with Crippen LogP contribution in [0.3, 0.4) is 0 Å². The van der Waals surface area contributed by atoms with E-state index in [1.807, 2.05) is 6.92 Å². The van der Waals surface area contributed by atoms with Crippen LogP contribution in [0.15, 0.2) is 29.2 Å². The van der Waals surface area contributed by atoms with E-state index in [9.17, 15) is 8.42 Å². The maximum Gasteiger partial charge on any atom is 0.264 e. The molecule has 10 heteroatoms. The van der Waals surface area contributed by atoms with Gasteiger partial charge in [0, 0.05) is 5.56 Å². The molecule has 0 aliphatic rings. The fraction of sp³-hybridized carbons (Fsp3) is 0.143. The van der Waals surface area contributed by atoms with E-state index in [-0.39, 0.29) is 4.90 Å². The highest BCUT2D eigenvalue weighted by atomic mass is 32.2. The Kier molecular flexibility index (Phi) is 3.48. The van der Waals surface area contributed by atoms with Crippen molar-refractivity contribution in [2.45, 2.75) is 18.7 Å². The molecule has 4 aromatic rings. The molecule has 0 aliphatic carbocycles. The second kappa shape index (κ2) is 5.43. The molecule has 2 aromatic carbocycles. The van der Waals surface area contributed by atoms with Crippen molar-refractivity contribution in [3.8, 4) is 0 Å². The predicted octanol–water partition coefficient (Wildman–Crippen LogP) is 3.11. The van der Waals surface area contributed by atoms with Crippen molar-refractivity contribution in [2.75, 3.05) is 4.72 Å². The first-order valence-electron chi connectivity index (χ1n) is 6.94. The SMILES string of the molecule is Cc1ccc2nsnc2c1S(=O)(=O)Nc1ccc2nsnc2c1C. The summed E-state index contributed by atoms with van der Waals surface area (Å²) in [5, 5.41) is 0. The summed E-state index contributed by atoms with van der Waals surface area (Å²) in [7, 11) is -3.81. The highest BCUT2D eigenvalue weighted by Crippen LogP contribution is 2.30. The third-order valence-electron chi connectivity index (χ3n) is 3.77. The van der Waals surface area contributed by atoms with Crippen molar-refractivity contribution < 1.29 is 8.42 Å². The van der Waals surface area contributed by atoms with Crippen molar-refractivity contribution in [1.82, 2.24) is 17.5 Å². The maximum atomic E-state index is 13.0. The predicted molar refractivity (Wildman–Crippen MR) is 95.1 cm³/mol. The Morgan fingerprint density at radius 2 is 1.50 bits per heavy atom. The van der Waals surface area contributed by atoms with E-state index in [0.717, 1.165) is 34.5 Å². The lowest BCUT2D eigenvalue weighted by molar-refractivity contribution is 0.601. The van der Waals surface area contributed by atoms with Gasteiger partial charge in [0.25, 0.3) is 10.0 Å². The quantitative estimate of drug-likeness (QED) is 0.589. The number of hydrogen-bond donors (Lipinski definition) is 1. The monoisotopic (exact) mass is 377 g/mol. The standard InChI is InChI=1S/C14H11N5O2S3/c1-7-3-4-11-13(18-23-16-11)14(7)24(20,21)19-9-5-6-10-12(8(9)2)17-22-15-10/h3-6,19H,1-2H3. The molecule has 4 rings (SSSR count). The van der Waals surface area contributed by atoms with Crippen molar-refractivity contribution >= 4 is 61.2 Å². The van der Waals surface area contributed by atoms with Gasteiger partial charge >= 0.3 is 0 Å². The molecule has 0 aliphatic heterocycles. The number of anilines is 1. The van der Waals surface area contributed by atoms with E-state index >= 15 is 0 Å². The molecular weight excluding hydrogens is 366 g/mol. The van der Waals surface area contributed by atoms with Crippen LogP contribution in [0.1, 0.15) is 11.1 Å². The zero-order valence-corrected chi connectivity index (χ0v) is 15.1. The molecule has 0 spiro atoms. The third-order valence-corrected chi connectivity index (χ3v) is 6.40. The molecule has 122 valence electrons. The Morgan fingerprint density at radius 1 is 0.875 bits per heavy atom. The van der Waals surface area contributed by atoms with Crippen LogP contribution >= 0.6 is 23.5 Å². The van der Waals surface area contributed by atoms with Gasteiger partial charge in [-0.15, -0.1) is 0 Å². The third kappa shape index (κ3) is 2.34. The van der Waals surface area contributed by atoms with Gasteiger partial charge in [0.2, 0.25) is 0 Å². The van der Waals surface area contributed by atoms with Crippen LogP contribution in [0.25, 0.3) is 22.1 Å². The summed E-state index contributed by atoms with van der Waals surface area (Å²) >= 11 is 2.10. The topological polar surface area (TPSA) is 97.7 Å². The fourth-order valence-corrected chi connectivity index (χ4v) is 5.25. The first-order chi connectivity index (χ1) is 11.5. The molecule has 2 heterocycles. The van der Waals surface area contributed by atoms with Crippen LogP contribution in [0.5, 0.6) is 0 Å². The van der Waals surface area contributed by atoms with Gasteiger partial charge < -0.3 is 0 Å². The highest BCUT2D eigenvalue weighted by Gasteiger charge is 2.23. The molecule has 24 heavy (non-hydrogen) atoms. The lowest BCUT2D eigenvalue weighted by Crippen LogP contribution is -2.15. The van der Waals surface area contributed by atoms with Crippen molar-refractivity contribution in [3.63, 3.8) is 0 Å². The summed E-state index contributed by atoms with van der Waals surface area (Å²) in [6, 6.07) is 6.96. The average molecular weight is 377 g/mol. The Balaban J connectivity index is 1.86. The average Bonchev–Trinajstić information content (AvgIpc) is 3.18. The second-order valence-electron chi connectivity index (χ2n) is 5.32. The summed E-state index contributed by atoms with van der Waals surface area (Å²) in [5.41, 5.74) is 4.26. The fourth-order valence-electron chi connectivity index (χ4n) is 2.55. The number of benzene rings is 2. The molecule has 7 nitrogen and oxygen atoms in total. The van der Waals surface area contributed by atoms with E-state index in [4.69, 9.17) is 0 Å². The van der Waals surface area contributed by atoms with Gasteiger partial charge in [-0.1, -0.05) is 6.07 Å². The van der Waals surface area contributed by atoms with Crippen LogP contribution in [-0.2, 0) is 10.0 Å². The first-order valence-corrected chi connectivity index (χ1v) is 9.88. The smallest absolute Gasteiger partial charge is 0.264 e. The van der Waals surface area contributed by atoms with E-state index < -0.39 is 10.0 Å². The summed E-state index contributed by atoms with van der Waals surface area (Å²) in [6.07, 6.45) is 0. The van der Waals surface area contributed by atoms with Gasteiger partial charge in [0.1, 0.15) is 27.0 Å².